The highest BCUT2D eigenvalue weighted by molar-refractivity contribution is 6.08. The van der Waals surface area contributed by atoms with Gasteiger partial charge in [0.2, 0.25) is 5.79 Å². The number of phenols is 1. The summed E-state index contributed by atoms with van der Waals surface area (Å²) in [6.07, 6.45) is 3.75. The molecule has 0 saturated heterocycles. The van der Waals surface area contributed by atoms with Crippen LogP contribution in [0.1, 0.15) is 17.5 Å². The summed E-state index contributed by atoms with van der Waals surface area (Å²) < 4.78 is 0. The largest absolute Gasteiger partial charge is 0.510 e. The van der Waals surface area contributed by atoms with Gasteiger partial charge in [-0.05, 0) is 56.0 Å². The summed E-state index contributed by atoms with van der Waals surface area (Å²) in [4.78, 5) is 27.5. The molecule has 1 saturated carbocycles. The third-order valence-corrected chi connectivity index (χ3v) is 7.53. The van der Waals surface area contributed by atoms with Gasteiger partial charge in [-0.25, -0.2) is 0 Å². The third kappa shape index (κ3) is 3.12. The number of nitrogens with zero attached hydrogens (tertiary/aromatic N) is 2. The summed E-state index contributed by atoms with van der Waals surface area (Å²) >= 11 is 0. The number of nitrogens with two attached hydrogens (primary N) is 1. The molecule has 1 fully saturated rings. The number of aromatic hydroxyl groups is 1. The number of aliphatic hydroxyl groups is 4. The second-order valence-corrected chi connectivity index (χ2v) is 9.64. The van der Waals surface area contributed by atoms with Gasteiger partial charge in [0.1, 0.15) is 22.8 Å². The summed E-state index contributed by atoms with van der Waals surface area (Å²) in [6, 6.07) is 2.22. The first-order valence-electron chi connectivity index (χ1n) is 11.1. The maximum absolute atomic E-state index is 13.8. The predicted molar refractivity (Wildman–Crippen MR) is 123 cm³/mol. The van der Waals surface area contributed by atoms with Crippen LogP contribution < -0.4 is 5.73 Å². The zero-order valence-electron chi connectivity index (χ0n) is 19.1. The minimum atomic E-state index is -3.04. The van der Waals surface area contributed by atoms with Crippen LogP contribution in [-0.2, 0) is 16.0 Å². The number of aromatic nitrogens is 2. The number of Topliss-reactive ketones (excluding diaryl/α,β-unsaturated/α-hetero) is 1. The summed E-state index contributed by atoms with van der Waals surface area (Å²) in [5.74, 6) is -9.24. The Bertz CT molecular complexity index is 1310. The summed E-state index contributed by atoms with van der Waals surface area (Å²) in [6.45, 7) is 0. The van der Waals surface area contributed by atoms with Crippen molar-refractivity contribution in [3.8, 4) is 16.9 Å². The minimum absolute atomic E-state index is 0.0476. The van der Waals surface area contributed by atoms with Gasteiger partial charge >= 0.3 is 0 Å². The van der Waals surface area contributed by atoms with Gasteiger partial charge in [-0.1, -0.05) is 6.07 Å². The Kier molecular flexibility index (Phi) is 5.06. The average molecular weight is 482 g/mol. The van der Waals surface area contributed by atoms with Crippen LogP contribution in [0.3, 0.4) is 0 Å². The van der Waals surface area contributed by atoms with E-state index in [1.54, 1.807) is 37.5 Å². The van der Waals surface area contributed by atoms with Gasteiger partial charge in [0.25, 0.3) is 5.91 Å². The lowest BCUT2D eigenvalue weighted by atomic mass is 9.57. The van der Waals surface area contributed by atoms with E-state index in [9.17, 15) is 35.1 Å². The Hall–Kier alpha value is -3.67. The van der Waals surface area contributed by atoms with E-state index in [0.717, 1.165) is 11.1 Å². The highest BCUT2D eigenvalue weighted by atomic mass is 16.5. The summed E-state index contributed by atoms with van der Waals surface area (Å²) in [5, 5.41) is 61.3. The molecule has 8 N–H and O–H groups in total. The topological polar surface area (TPSA) is 193 Å². The van der Waals surface area contributed by atoms with Crippen molar-refractivity contribution in [1.29, 1.82) is 0 Å². The van der Waals surface area contributed by atoms with Crippen molar-refractivity contribution in [3.05, 3.63) is 52.6 Å². The number of H-pyrrole nitrogens is 1. The molecule has 1 aromatic heterocycles. The van der Waals surface area contributed by atoms with Gasteiger partial charge in [-0.3, -0.25) is 19.6 Å². The number of allylic oxidation sites excluding steroid dienone is 1. The summed E-state index contributed by atoms with van der Waals surface area (Å²) in [5.41, 5.74) is 6.64. The molecule has 11 heteroatoms. The molecule has 184 valence electrons. The normalized spacial score (nSPS) is 27.5. The Balaban J connectivity index is 1.71. The van der Waals surface area contributed by atoms with E-state index in [1.807, 2.05) is 0 Å². The molecule has 2 aromatic rings. The first-order chi connectivity index (χ1) is 16.5. The number of phenolic OH excluding ortho intramolecular Hbond substituents is 1. The number of benzene rings is 1. The highest BCUT2D eigenvalue weighted by Crippen LogP contribution is 2.54. The number of likely N-dealkylation sites (N-methyl/N-ethyl adjacent to an activating group) is 1. The molecule has 0 bridgehead atoms. The average Bonchev–Trinajstić information content (AvgIpc) is 3.26. The lowest BCUT2D eigenvalue weighted by Crippen LogP contribution is -2.62. The molecule has 11 nitrogen and oxygen atoms in total. The number of primary amides is 1. The maximum Gasteiger partial charge on any atom is 0.253 e. The van der Waals surface area contributed by atoms with Crippen LogP contribution in [0, 0.1) is 17.8 Å². The fraction of sp³-hybridized carbons (Fsp3) is 0.375. The number of fused-ring (bicyclic) bond motifs is 3. The van der Waals surface area contributed by atoms with E-state index in [0.29, 0.717) is 5.56 Å². The van der Waals surface area contributed by atoms with Gasteiger partial charge < -0.3 is 31.3 Å². The molecule has 5 rings (SSSR count). The fourth-order valence-corrected chi connectivity index (χ4v) is 6.22. The van der Waals surface area contributed by atoms with E-state index in [1.165, 1.54) is 6.07 Å². The molecular formula is C24H26N4O7. The van der Waals surface area contributed by atoms with Crippen LogP contribution in [0.5, 0.6) is 5.75 Å². The number of hydrogen-bond donors (Lipinski definition) is 7. The molecule has 35 heavy (non-hydrogen) atoms. The van der Waals surface area contributed by atoms with Crippen LogP contribution in [0.25, 0.3) is 16.9 Å². The zero-order chi connectivity index (χ0) is 25.4. The highest BCUT2D eigenvalue weighted by Gasteiger charge is 2.62. The lowest BCUT2D eigenvalue weighted by molar-refractivity contribution is -0.203. The SMILES string of the molecule is CN(C)[C@@H]1C(O)=C(C(N)=O)C(O)(O)C2C(=O)C3=C(O)c4c(O)ccc(-c5cn[nH]c5)c4CC3CC21. The van der Waals surface area contributed by atoms with Crippen LogP contribution in [0.15, 0.2) is 41.4 Å². The monoisotopic (exact) mass is 482 g/mol. The molecule has 0 radical (unpaired) electrons. The van der Waals surface area contributed by atoms with Crippen molar-refractivity contribution in [3.63, 3.8) is 0 Å². The minimum Gasteiger partial charge on any atom is -0.510 e. The Morgan fingerprint density at radius 1 is 1.23 bits per heavy atom. The smallest absolute Gasteiger partial charge is 0.253 e. The van der Waals surface area contributed by atoms with Crippen molar-refractivity contribution < 1.29 is 35.1 Å². The summed E-state index contributed by atoms with van der Waals surface area (Å²) in [7, 11) is 3.27. The Morgan fingerprint density at radius 3 is 2.54 bits per heavy atom. The molecule has 1 aromatic carbocycles. The maximum atomic E-state index is 13.8. The number of amides is 1. The molecule has 0 aliphatic heterocycles. The number of nitrogens with one attached hydrogen (secondary N) is 1. The van der Waals surface area contributed by atoms with Crippen molar-refractivity contribution in [2.24, 2.45) is 23.5 Å². The van der Waals surface area contributed by atoms with Crippen molar-refractivity contribution >= 4 is 17.4 Å². The van der Waals surface area contributed by atoms with Gasteiger partial charge in [-0.15, -0.1) is 0 Å². The number of aliphatic hydroxyl groups excluding tert-OH is 2. The van der Waals surface area contributed by atoms with Gasteiger partial charge in [-0.2, -0.15) is 5.10 Å². The number of rotatable bonds is 3. The molecule has 1 amide bonds. The molecule has 4 atom stereocenters. The lowest BCUT2D eigenvalue weighted by Gasteiger charge is -2.51. The van der Waals surface area contributed by atoms with Crippen LogP contribution in [0.2, 0.25) is 0 Å². The van der Waals surface area contributed by atoms with Crippen LogP contribution >= 0.6 is 0 Å². The number of ketones is 1. The molecule has 0 spiro atoms. The van der Waals surface area contributed by atoms with Gasteiger partial charge in [0, 0.05) is 17.3 Å². The quantitative estimate of drug-likeness (QED) is 0.302. The second kappa shape index (κ2) is 7.67. The van der Waals surface area contributed by atoms with Gasteiger partial charge in [0.05, 0.1) is 23.7 Å². The van der Waals surface area contributed by atoms with E-state index in [-0.39, 0.29) is 29.7 Å². The molecule has 3 aliphatic rings. The van der Waals surface area contributed by atoms with E-state index >= 15 is 0 Å². The predicted octanol–water partition coefficient (Wildman–Crippen LogP) is 0.351. The van der Waals surface area contributed by atoms with E-state index < -0.39 is 58.4 Å². The fourth-order valence-electron chi connectivity index (χ4n) is 6.22. The number of carbonyl (C=O) groups excluding carboxylic acids is 2. The molecule has 1 heterocycles. The Morgan fingerprint density at radius 2 is 1.94 bits per heavy atom. The number of carbonyl (C=O) groups is 2. The number of aromatic amines is 1. The first-order valence-corrected chi connectivity index (χ1v) is 11.1. The van der Waals surface area contributed by atoms with Crippen molar-refractivity contribution in [2.45, 2.75) is 24.7 Å². The standard InChI is InChI=1S/C24H26N4O7/c1-28(2)19-13-6-9-5-12-11(10-7-26-27-8-10)3-4-14(29)16(12)20(30)15(9)21(31)17(13)24(34,35)18(22(19)32)23(25)33/h3-4,7-9,13,17,19,29-30,32,34-35H,5-6H2,1-2H3,(H2,25,33)(H,26,27)/t9?,13?,17?,19-/m0/s1. The van der Waals surface area contributed by atoms with Crippen LogP contribution in [-0.4, -0.2) is 78.2 Å². The Labute approximate surface area is 199 Å². The second-order valence-electron chi connectivity index (χ2n) is 9.64. The van der Waals surface area contributed by atoms with Crippen molar-refractivity contribution in [1.82, 2.24) is 15.1 Å². The van der Waals surface area contributed by atoms with E-state index in [2.05, 4.69) is 10.2 Å². The molecule has 3 aliphatic carbocycles. The molecular weight excluding hydrogens is 456 g/mol. The molecule has 3 unspecified atom stereocenters. The zero-order valence-corrected chi connectivity index (χ0v) is 19.1. The number of hydrogen-bond acceptors (Lipinski definition) is 9. The van der Waals surface area contributed by atoms with Crippen molar-refractivity contribution in [2.75, 3.05) is 14.1 Å². The van der Waals surface area contributed by atoms with E-state index in [4.69, 9.17) is 5.73 Å². The van der Waals surface area contributed by atoms with Gasteiger partial charge in [0.15, 0.2) is 5.78 Å². The third-order valence-electron chi connectivity index (χ3n) is 7.53. The first kappa shape index (κ1) is 23.1. The van der Waals surface area contributed by atoms with Crippen LogP contribution in [0.4, 0.5) is 0 Å².